The van der Waals surface area contributed by atoms with Crippen LogP contribution < -0.4 is 16.8 Å². The maximum absolute atomic E-state index is 5.76. The second-order valence-electron chi connectivity index (χ2n) is 3.13. The molecule has 3 heteroatoms. The average molecular weight is 179 g/mol. The number of hydrogen-bond donors (Lipinski definition) is 3. The monoisotopic (exact) mass is 179 g/mol. The van der Waals surface area contributed by atoms with Gasteiger partial charge in [0.25, 0.3) is 0 Å². The Hall–Kier alpha value is -1.38. The Morgan fingerprint density at radius 1 is 1.31 bits per heavy atom. The lowest BCUT2D eigenvalue weighted by atomic mass is 10.2. The van der Waals surface area contributed by atoms with E-state index >= 15 is 0 Å². The average Bonchev–Trinajstić information content (AvgIpc) is 2.09. The largest absolute Gasteiger partial charge is 0.399 e. The first-order valence-corrected chi connectivity index (χ1v) is 4.63. The molecule has 0 bridgehead atoms. The number of benzene rings is 1. The summed E-state index contributed by atoms with van der Waals surface area (Å²) in [5.41, 5.74) is 13.7. The number of nitrogens with two attached hydrogens (primary N) is 2. The van der Waals surface area contributed by atoms with Crippen molar-refractivity contribution in [1.82, 2.24) is 0 Å². The van der Waals surface area contributed by atoms with E-state index in [2.05, 4.69) is 12.2 Å². The highest BCUT2D eigenvalue weighted by molar-refractivity contribution is 5.70. The Morgan fingerprint density at radius 3 is 2.69 bits per heavy atom. The van der Waals surface area contributed by atoms with Crippen molar-refractivity contribution >= 4 is 17.1 Å². The summed E-state index contributed by atoms with van der Waals surface area (Å²) in [6.45, 7) is 3.12. The smallest absolute Gasteiger partial charge is 0.0575 e. The van der Waals surface area contributed by atoms with E-state index in [1.165, 1.54) is 6.42 Å². The zero-order valence-electron chi connectivity index (χ0n) is 8.01. The Bertz CT molecular complexity index is 271. The Kier molecular flexibility index (Phi) is 3.43. The van der Waals surface area contributed by atoms with Crippen LogP contribution in [0, 0.1) is 0 Å². The second kappa shape index (κ2) is 4.60. The lowest BCUT2D eigenvalue weighted by molar-refractivity contribution is 0.834. The maximum atomic E-state index is 5.76. The van der Waals surface area contributed by atoms with Gasteiger partial charge in [-0.15, -0.1) is 0 Å². The van der Waals surface area contributed by atoms with E-state index in [0.29, 0.717) is 5.69 Å². The van der Waals surface area contributed by atoms with Crippen molar-refractivity contribution in [3.8, 4) is 0 Å². The van der Waals surface area contributed by atoms with E-state index in [-0.39, 0.29) is 0 Å². The normalized spacial score (nSPS) is 9.92. The summed E-state index contributed by atoms with van der Waals surface area (Å²) in [4.78, 5) is 0. The van der Waals surface area contributed by atoms with Crippen LogP contribution in [0.1, 0.15) is 19.8 Å². The lowest BCUT2D eigenvalue weighted by Crippen LogP contribution is -2.04. The molecule has 0 atom stereocenters. The molecule has 13 heavy (non-hydrogen) atoms. The molecule has 0 aliphatic heterocycles. The molecule has 0 fully saturated rings. The van der Waals surface area contributed by atoms with Crippen molar-refractivity contribution in [3.05, 3.63) is 18.2 Å². The molecule has 5 N–H and O–H groups in total. The lowest BCUT2D eigenvalue weighted by Gasteiger charge is -2.08. The molecule has 0 saturated carbocycles. The van der Waals surface area contributed by atoms with Crippen molar-refractivity contribution in [3.63, 3.8) is 0 Å². The quantitative estimate of drug-likeness (QED) is 0.489. The summed E-state index contributed by atoms with van der Waals surface area (Å²) in [7, 11) is 0. The van der Waals surface area contributed by atoms with Crippen molar-refractivity contribution < 1.29 is 0 Å². The Balaban J connectivity index is 2.56. The van der Waals surface area contributed by atoms with Gasteiger partial charge in [-0.05, 0) is 24.6 Å². The number of hydrogen-bond acceptors (Lipinski definition) is 3. The van der Waals surface area contributed by atoms with Crippen molar-refractivity contribution in [2.45, 2.75) is 19.8 Å². The Labute approximate surface area is 79.1 Å². The predicted octanol–water partition coefficient (Wildman–Crippen LogP) is 2.06. The van der Waals surface area contributed by atoms with Gasteiger partial charge in [-0.3, -0.25) is 0 Å². The first kappa shape index (κ1) is 9.71. The van der Waals surface area contributed by atoms with Gasteiger partial charge in [-0.25, -0.2) is 0 Å². The van der Waals surface area contributed by atoms with Gasteiger partial charge in [0.2, 0.25) is 0 Å². The molecule has 72 valence electrons. The fourth-order valence-corrected chi connectivity index (χ4v) is 1.14. The van der Waals surface area contributed by atoms with Crippen molar-refractivity contribution in [2.24, 2.45) is 0 Å². The molecule has 3 nitrogen and oxygen atoms in total. The van der Waals surface area contributed by atoms with E-state index in [1.54, 1.807) is 6.07 Å². The van der Waals surface area contributed by atoms with Gasteiger partial charge < -0.3 is 16.8 Å². The summed E-state index contributed by atoms with van der Waals surface area (Å²) in [6, 6.07) is 5.54. The summed E-state index contributed by atoms with van der Waals surface area (Å²) in [5.74, 6) is 0. The minimum absolute atomic E-state index is 0.707. The minimum Gasteiger partial charge on any atom is -0.399 e. The highest BCUT2D eigenvalue weighted by Gasteiger charge is 1.97. The third-order valence-electron chi connectivity index (χ3n) is 1.92. The van der Waals surface area contributed by atoms with Gasteiger partial charge >= 0.3 is 0 Å². The number of anilines is 3. The van der Waals surface area contributed by atoms with Gasteiger partial charge in [-0.2, -0.15) is 0 Å². The molecule has 0 heterocycles. The molecule has 0 aromatic heterocycles. The molecule has 0 radical (unpaired) electrons. The van der Waals surface area contributed by atoms with Gasteiger partial charge in [0.1, 0.15) is 0 Å². The van der Waals surface area contributed by atoms with E-state index in [4.69, 9.17) is 11.5 Å². The van der Waals surface area contributed by atoms with Crippen LogP contribution >= 0.6 is 0 Å². The molecule has 1 aromatic rings. The van der Waals surface area contributed by atoms with Gasteiger partial charge in [0.15, 0.2) is 0 Å². The second-order valence-corrected chi connectivity index (χ2v) is 3.13. The number of nitrogen functional groups attached to an aromatic ring is 2. The van der Waals surface area contributed by atoms with Gasteiger partial charge in [0.05, 0.1) is 11.4 Å². The zero-order chi connectivity index (χ0) is 9.68. The molecular weight excluding hydrogens is 162 g/mol. The zero-order valence-corrected chi connectivity index (χ0v) is 8.01. The first-order valence-electron chi connectivity index (χ1n) is 4.63. The van der Waals surface area contributed by atoms with Crippen molar-refractivity contribution in [2.75, 3.05) is 23.3 Å². The highest BCUT2D eigenvalue weighted by atomic mass is 14.9. The van der Waals surface area contributed by atoms with E-state index in [9.17, 15) is 0 Å². The van der Waals surface area contributed by atoms with Gasteiger partial charge in [-0.1, -0.05) is 13.3 Å². The molecule has 0 amide bonds. The molecule has 1 rings (SSSR count). The highest BCUT2D eigenvalue weighted by Crippen LogP contribution is 2.20. The van der Waals surface area contributed by atoms with Crippen LogP contribution in [0.25, 0.3) is 0 Å². The minimum atomic E-state index is 0.707. The van der Waals surface area contributed by atoms with Gasteiger partial charge in [0, 0.05) is 12.2 Å². The summed E-state index contributed by atoms with van der Waals surface area (Å²) in [5, 5.41) is 3.26. The summed E-state index contributed by atoms with van der Waals surface area (Å²) < 4.78 is 0. The topological polar surface area (TPSA) is 64.1 Å². The summed E-state index contributed by atoms with van der Waals surface area (Å²) in [6.07, 6.45) is 2.34. The molecule has 0 unspecified atom stereocenters. The predicted molar refractivity (Wildman–Crippen MR) is 58.7 cm³/mol. The van der Waals surface area contributed by atoms with E-state index in [1.807, 2.05) is 12.1 Å². The number of nitrogens with one attached hydrogen (secondary N) is 1. The molecular formula is C10H17N3. The SMILES string of the molecule is CCCCNc1ccc(N)cc1N. The van der Waals surface area contributed by atoms with E-state index < -0.39 is 0 Å². The molecule has 0 aliphatic rings. The van der Waals surface area contributed by atoms with Crippen LogP contribution in [0.5, 0.6) is 0 Å². The van der Waals surface area contributed by atoms with Crippen LogP contribution in [0.3, 0.4) is 0 Å². The van der Waals surface area contributed by atoms with Crippen LogP contribution in [0.15, 0.2) is 18.2 Å². The molecule has 1 aromatic carbocycles. The number of rotatable bonds is 4. The molecule has 0 aliphatic carbocycles. The van der Waals surface area contributed by atoms with Crippen LogP contribution in [-0.4, -0.2) is 6.54 Å². The third-order valence-corrected chi connectivity index (χ3v) is 1.92. The fourth-order valence-electron chi connectivity index (χ4n) is 1.14. The Morgan fingerprint density at radius 2 is 2.08 bits per heavy atom. The van der Waals surface area contributed by atoms with Crippen LogP contribution in [0.2, 0.25) is 0 Å². The standard InChI is InChI=1S/C10H17N3/c1-2-3-6-13-10-5-4-8(11)7-9(10)12/h4-5,7,13H,2-3,6,11-12H2,1H3. The number of unbranched alkanes of at least 4 members (excludes halogenated alkanes) is 1. The van der Waals surface area contributed by atoms with Crippen LogP contribution in [0.4, 0.5) is 17.1 Å². The first-order chi connectivity index (χ1) is 6.24. The fraction of sp³-hybridized carbons (Fsp3) is 0.400. The third kappa shape index (κ3) is 2.86. The van der Waals surface area contributed by atoms with E-state index in [0.717, 1.165) is 24.3 Å². The maximum Gasteiger partial charge on any atom is 0.0575 e. The van der Waals surface area contributed by atoms with Crippen LogP contribution in [-0.2, 0) is 0 Å². The molecule has 0 spiro atoms. The van der Waals surface area contributed by atoms with Crippen molar-refractivity contribution in [1.29, 1.82) is 0 Å². The summed E-state index contributed by atoms with van der Waals surface area (Å²) >= 11 is 0. The molecule has 0 saturated heterocycles.